The smallest absolute Gasteiger partial charge is 0.311 e. The number of hydrogen-bond acceptors (Lipinski definition) is 7. The summed E-state index contributed by atoms with van der Waals surface area (Å²) in [7, 11) is -3.47. The van der Waals surface area contributed by atoms with Crippen molar-refractivity contribution in [2.45, 2.75) is 17.7 Å². The molecule has 0 saturated carbocycles. The highest BCUT2D eigenvalue weighted by Gasteiger charge is 2.27. The molecule has 144 valence electrons. The maximum atomic E-state index is 12.6. The van der Waals surface area contributed by atoms with E-state index in [0.717, 1.165) is 12.8 Å². The molecule has 2 aliphatic rings. The van der Waals surface area contributed by atoms with E-state index in [4.69, 9.17) is 9.15 Å². The van der Waals surface area contributed by atoms with Crippen molar-refractivity contribution in [1.29, 1.82) is 0 Å². The maximum absolute atomic E-state index is 12.6. The predicted octanol–water partition coefficient (Wildman–Crippen LogP) is 0.993. The van der Waals surface area contributed by atoms with Crippen LogP contribution in [0.4, 0.5) is 0 Å². The Morgan fingerprint density at radius 2 is 1.63 bits per heavy atom. The number of aromatic nitrogens is 2. The number of rotatable bonds is 4. The number of carbonyl (C=O) groups excluding carboxylic acids is 1. The third kappa shape index (κ3) is 3.60. The van der Waals surface area contributed by atoms with E-state index >= 15 is 0 Å². The van der Waals surface area contributed by atoms with Gasteiger partial charge in [-0.25, -0.2) is 8.42 Å². The van der Waals surface area contributed by atoms with Gasteiger partial charge in [-0.2, -0.15) is 4.31 Å². The highest BCUT2D eigenvalue weighted by Crippen LogP contribution is 2.24. The van der Waals surface area contributed by atoms with Gasteiger partial charge in [0.15, 0.2) is 0 Å². The minimum Gasteiger partial charge on any atom is -0.412 e. The molecule has 1 aromatic heterocycles. The van der Waals surface area contributed by atoms with Crippen molar-refractivity contribution in [3.05, 3.63) is 30.2 Å². The first-order chi connectivity index (χ1) is 13.1. The van der Waals surface area contributed by atoms with Gasteiger partial charge in [0.05, 0.1) is 18.1 Å². The molecule has 0 bridgehead atoms. The van der Waals surface area contributed by atoms with E-state index in [-0.39, 0.29) is 22.6 Å². The van der Waals surface area contributed by atoms with Crippen LogP contribution < -0.4 is 0 Å². The monoisotopic (exact) mass is 392 g/mol. The molecule has 2 saturated heterocycles. The van der Waals surface area contributed by atoms with Gasteiger partial charge in [-0.1, -0.05) is 0 Å². The lowest BCUT2D eigenvalue weighted by atomic mass is 10.2. The fourth-order valence-electron chi connectivity index (χ4n) is 3.18. The van der Waals surface area contributed by atoms with Gasteiger partial charge in [0.2, 0.25) is 15.9 Å². The van der Waals surface area contributed by atoms with Gasteiger partial charge >= 0.3 is 11.8 Å². The van der Waals surface area contributed by atoms with Crippen LogP contribution in [0.1, 0.15) is 23.5 Å². The maximum Gasteiger partial charge on any atom is 0.311 e. The number of sulfonamides is 1. The van der Waals surface area contributed by atoms with Crippen LogP contribution in [0.3, 0.4) is 0 Å². The zero-order valence-corrected chi connectivity index (χ0v) is 15.5. The second kappa shape index (κ2) is 7.37. The first kappa shape index (κ1) is 18.1. The van der Waals surface area contributed by atoms with Crippen LogP contribution in [0.25, 0.3) is 11.5 Å². The SMILES string of the molecule is O=C(c1nnc(-c2ccc(S(=O)(=O)N3CCCC3)cc2)o1)N1CCOCC1. The molecule has 1 aromatic carbocycles. The molecule has 0 N–H and O–H groups in total. The first-order valence-corrected chi connectivity index (χ1v) is 10.3. The standard InChI is InChI=1S/C17H20N4O5S/c22-17(20-9-11-25-12-10-20)16-19-18-15(26-16)13-3-5-14(6-4-13)27(23,24)21-7-1-2-8-21/h3-6H,1-2,7-12H2. The van der Waals surface area contributed by atoms with Crippen molar-refractivity contribution in [3.63, 3.8) is 0 Å². The van der Waals surface area contributed by atoms with Gasteiger partial charge in [0, 0.05) is 31.7 Å². The van der Waals surface area contributed by atoms with Crippen molar-refractivity contribution in [1.82, 2.24) is 19.4 Å². The van der Waals surface area contributed by atoms with Crippen molar-refractivity contribution >= 4 is 15.9 Å². The zero-order valence-electron chi connectivity index (χ0n) is 14.7. The Morgan fingerprint density at radius 1 is 0.963 bits per heavy atom. The van der Waals surface area contributed by atoms with Gasteiger partial charge in [0.25, 0.3) is 0 Å². The summed E-state index contributed by atoms with van der Waals surface area (Å²) in [5.41, 5.74) is 0.559. The Bertz CT molecular complexity index is 913. The van der Waals surface area contributed by atoms with Gasteiger partial charge in [0.1, 0.15) is 0 Å². The minimum atomic E-state index is -3.47. The third-order valence-electron chi connectivity index (χ3n) is 4.71. The molecule has 2 aromatic rings. The lowest BCUT2D eigenvalue weighted by molar-refractivity contribution is 0.0278. The molecule has 9 nitrogen and oxygen atoms in total. The second-order valence-corrected chi connectivity index (χ2v) is 8.39. The molecule has 27 heavy (non-hydrogen) atoms. The Balaban J connectivity index is 1.51. The summed E-state index contributed by atoms with van der Waals surface area (Å²) in [6.07, 6.45) is 1.78. The van der Waals surface area contributed by atoms with E-state index in [1.165, 1.54) is 16.4 Å². The van der Waals surface area contributed by atoms with Crippen molar-refractivity contribution < 1.29 is 22.4 Å². The summed E-state index contributed by atoms with van der Waals surface area (Å²) in [4.78, 5) is 14.2. The number of carbonyl (C=O) groups is 1. The molecule has 0 aliphatic carbocycles. The molecule has 0 atom stereocenters. The molecule has 2 fully saturated rings. The fourth-order valence-corrected chi connectivity index (χ4v) is 4.69. The Labute approximate surface area is 157 Å². The summed E-state index contributed by atoms with van der Waals surface area (Å²) in [6, 6.07) is 6.27. The Kier molecular flexibility index (Phi) is 4.94. The molecule has 0 spiro atoms. The minimum absolute atomic E-state index is 0.0827. The van der Waals surface area contributed by atoms with Crippen LogP contribution in [0.5, 0.6) is 0 Å². The van der Waals surface area contributed by atoms with Crippen LogP contribution in [0.2, 0.25) is 0 Å². The van der Waals surface area contributed by atoms with Gasteiger partial charge < -0.3 is 14.1 Å². The molecule has 0 unspecified atom stereocenters. The van der Waals surface area contributed by atoms with E-state index in [9.17, 15) is 13.2 Å². The highest BCUT2D eigenvalue weighted by atomic mass is 32.2. The molecule has 2 aliphatic heterocycles. The van der Waals surface area contributed by atoms with Crippen molar-refractivity contribution in [2.75, 3.05) is 39.4 Å². The summed E-state index contributed by atoms with van der Waals surface area (Å²) in [6.45, 7) is 3.06. The first-order valence-electron chi connectivity index (χ1n) is 8.87. The average Bonchev–Trinajstić information content (AvgIpc) is 3.41. The molecular weight excluding hydrogens is 372 g/mol. The van der Waals surface area contributed by atoms with E-state index in [1.807, 2.05) is 0 Å². The van der Waals surface area contributed by atoms with Crippen LogP contribution in [-0.4, -0.2) is 73.1 Å². The predicted molar refractivity (Wildman–Crippen MR) is 94.4 cm³/mol. The lowest BCUT2D eigenvalue weighted by Gasteiger charge is -2.25. The van der Waals surface area contributed by atoms with Crippen LogP contribution in [0, 0.1) is 0 Å². The largest absolute Gasteiger partial charge is 0.412 e. The average molecular weight is 392 g/mol. The molecule has 4 rings (SSSR count). The van der Waals surface area contributed by atoms with Crippen molar-refractivity contribution in [2.24, 2.45) is 0 Å². The van der Waals surface area contributed by atoms with Crippen LogP contribution in [0.15, 0.2) is 33.6 Å². The molecular formula is C17H20N4O5S. The van der Waals surface area contributed by atoms with Gasteiger partial charge in [-0.15, -0.1) is 10.2 Å². The number of amides is 1. The normalized spacial score (nSPS) is 18.7. The quantitative estimate of drug-likeness (QED) is 0.764. The molecule has 1 amide bonds. The second-order valence-electron chi connectivity index (χ2n) is 6.45. The van der Waals surface area contributed by atoms with Gasteiger partial charge in [-0.3, -0.25) is 4.79 Å². The van der Waals surface area contributed by atoms with E-state index < -0.39 is 10.0 Å². The number of benzene rings is 1. The van der Waals surface area contributed by atoms with Crippen LogP contribution in [-0.2, 0) is 14.8 Å². The molecule has 3 heterocycles. The van der Waals surface area contributed by atoms with E-state index in [1.54, 1.807) is 17.0 Å². The lowest BCUT2D eigenvalue weighted by Crippen LogP contribution is -2.40. The summed E-state index contributed by atoms with van der Waals surface area (Å²) >= 11 is 0. The third-order valence-corrected chi connectivity index (χ3v) is 6.62. The Morgan fingerprint density at radius 3 is 2.30 bits per heavy atom. The number of nitrogens with zero attached hydrogens (tertiary/aromatic N) is 4. The van der Waals surface area contributed by atoms with Gasteiger partial charge in [-0.05, 0) is 37.1 Å². The zero-order chi connectivity index (χ0) is 18.9. The summed E-state index contributed by atoms with van der Waals surface area (Å²) in [5.74, 6) is -0.234. The molecule has 10 heteroatoms. The van der Waals surface area contributed by atoms with E-state index in [0.29, 0.717) is 45.0 Å². The van der Waals surface area contributed by atoms with E-state index in [2.05, 4.69) is 10.2 Å². The van der Waals surface area contributed by atoms with Crippen LogP contribution >= 0.6 is 0 Å². The summed E-state index contributed by atoms with van der Waals surface area (Å²) < 4.78 is 37.3. The Hall–Kier alpha value is -2.30. The fraction of sp³-hybridized carbons (Fsp3) is 0.471. The molecule has 0 radical (unpaired) electrons. The van der Waals surface area contributed by atoms with Crippen molar-refractivity contribution in [3.8, 4) is 11.5 Å². The number of ether oxygens (including phenoxy) is 1. The number of morpholine rings is 1. The number of hydrogen-bond donors (Lipinski definition) is 0. The highest BCUT2D eigenvalue weighted by molar-refractivity contribution is 7.89. The topological polar surface area (TPSA) is 106 Å². The summed E-state index contributed by atoms with van der Waals surface area (Å²) in [5, 5.41) is 7.74.